The maximum atomic E-state index is 11.1. The summed E-state index contributed by atoms with van der Waals surface area (Å²) in [7, 11) is 0. The highest BCUT2D eigenvalue weighted by Gasteiger charge is 2.29. The van der Waals surface area contributed by atoms with E-state index < -0.39 is 12.0 Å². The zero-order valence-corrected chi connectivity index (χ0v) is 7.75. The average molecular weight is 185 g/mol. The maximum Gasteiger partial charge on any atom is 0.320 e. The zero-order valence-electron chi connectivity index (χ0n) is 7.75. The molecule has 1 aliphatic heterocycles. The molecule has 0 radical (unpaired) electrons. The lowest BCUT2D eigenvalue weighted by Gasteiger charge is -2.09. The molecule has 4 heteroatoms. The summed E-state index contributed by atoms with van der Waals surface area (Å²) >= 11 is 0. The summed E-state index contributed by atoms with van der Waals surface area (Å²) in [4.78, 5) is 21.6. The minimum Gasteiger partial charge on any atom is -0.480 e. The van der Waals surface area contributed by atoms with Crippen molar-refractivity contribution in [2.24, 2.45) is 0 Å². The van der Waals surface area contributed by atoms with Crippen LogP contribution >= 0.6 is 0 Å². The fraction of sp³-hybridized carbons (Fsp3) is 0.778. The van der Waals surface area contributed by atoms with Gasteiger partial charge in [-0.1, -0.05) is 6.92 Å². The molecule has 74 valence electrons. The van der Waals surface area contributed by atoms with Gasteiger partial charge in [-0.3, -0.25) is 9.59 Å². The Morgan fingerprint density at radius 1 is 1.46 bits per heavy atom. The van der Waals surface area contributed by atoms with Gasteiger partial charge < -0.3 is 10.4 Å². The third-order valence-corrected chi connectivity index (χ3v) is 2.41. The Morgan fingerprint density at radius 3 is 2.62 bits per heavy atom. The molecule has 2 N–H and O–H groups in total. The van der Waals surface area contributed by atoms with Crippen molar-refractivity contribution < 1.29 is 14.7 Å². The van der Waals surface area contributed by atoms with Gasteiger partial charge in [-0.15, -0.1) is 0 Å². The van der Waals surface area contributed by atoms with Crippen molar-refractivity contribution in [3.63, 3.8) is 0 Å². The fourth-order valence-electron chi connectivity index (χ4n) is 1.59. The number of carboxylic acids is 1. The number of carbonyl (C=O) groups excluding carboxylic acids is 1. The monoisotopic (exact) mass is 185 g/mol. The Morgan fingerprint density at radius 2 is 2.15 bits per heavy atom. The zero-order chi connectivity index (χ0) is 9.84. The van der Waals surface area contributed by atoms with Crippen LogP contribution in [0.3, 0.4) is 0 Å². The van der Waals surface area contributed by atoms with Crippen LogP contribution in [0.15, 0.2) is 0 Å². The van der Waals surface area contributed by atoms with Crippen molar-refractivity contribution in [1.82, 2.24) is 5.32 Å². The highest BCUT2D eigenvalue weighted by molar-refractivity contribution is 5.79. The summed E-state index contributed by atoms with van der Waals surface area (Å²) in [5.41, 5.74) is 0. The highest BCUT2D eigenvalue weighted by atomic mass is 16.4. The molecule has 0 aromatic carbocycles. The predicted molar refractivity (Wildman–Crippen MR) is 47.5 cm³/mol. The molecule has 0 bridgehead atoms. The quantitative estimate of drug-likeness (QED) is 0.671. The Kier molecular flexibility index (Phi) is 3.42. The van der Waals surface area contributed by atoms with Crippen molar-refractivity contribution in [2.75, 3.05) is 0 Å². The normalized spacial score (nSPS) is 27.5. The van der Waals surface area contributed by atoms with E-state index in [-0.39, 0.29) is 11.8 Å². The molecular weight excluding hydrogens is 170 g/mol. The fourth-order valence-corrected chi connectivity index (χ4v) is 1.59. The molecule has 13 heavy (non-hydrogen) atoms. The first-order chi connectivity index (χ1) is 6.13. The van der Waals surface area contributed by atoms with E-state index in [2.05, 4.69) is 5.32 Å². The van der Waals surface area contributed by atoms with E-state index in [1.807, 2.05) is 6.92 Å². The van der Waals surface area contributed by atoms with Crippen LogP contribution in [0.2, 0.25) is 0 Å². The van der Waals surface area contributed by atoms with E-state index >= 15 is 0 Å². The second-order valence-corrected chi connectivity index (χ2v) is 3.43. The van der Waals surface area contributed by atoms with Crippen molar-refractivity contribution in [2.45, 2.75) is 44.7 Å². The SMILES string of the molecule is CCC(=O)CC1CCC(C(=O)O)N1. The lowest BCUT2D eigenvalue weighted by Crippen LogP contribution is -2.36. The summed E-state index contributed by atoms with van der Waals surface area (Å²) in [6, 6.07) is -0.372. The lowest BCUT2D eigenvalue weighted by molar-refractivity contribution is -0.139. The number of hydrogen-bond donors (Lipinski definition) is 2. The van der Waals surface area contributed by atoms with E-state index in [0.717, 1.165) is 6.42 Å². The number of nitrogens with one attached hydrogen (secondary N) is 1. The molecule has 1 aliphatic rings. The second-order valence-electron chi connectivity index (χ2n) is 3.43. The molecule has 2 atom stereocenters. The molecule has 0 aromatic heterocycles. The maximum absolute atomic E-state index is 11.1. The molecule has 0 spiro atoms. The van der Waals surface area contributed by atoms with Crippen molar-refractivity contribution in [1.29, 1.82) is 0 Å². The lowest BCUT2D eigenvalue weighted by atomic mass is 10.1. The summed E-state index contributed by atoms with van der Waals surface area (Å²) in [5, 5.41) is 11.6. The van der Waals surface area contributed by atoms with Gasteiger partial charge >= 0.3 is 5.97 Å². The van der Waals surface area contributed by atoms with Gasteiger partial charge in [-0.25, -0.2) is 0 Å². The average Bonchev–Trinajstić information content (AvgIpc) is 2.52. The molecule has 1 saturated heterocycles. The summed E-state index contributed by atoms with van der Waals surface area (Å²) in [6.07, 6.45) is 2.44. The van der Waals surface area contributed by atoms with Crippen LogP contribution in [0.1, 0.15) is 32.6 Å². The first kappa shape index (κ1) is 10.2. The minimum absolute atomic E-state index is 0.0774. The first-order valence-electron chi connectivity index (χ1n) is 4.64. The third kappa shape index (κ3) is 2.81. The number of rotatable bonds is 4. The summed E-state index contributed by atoms with van der Waals surface area (Å²) in [6.45, 7) is 1.83. The Bertz CT molecular complexity index is 215. The molecule has 4 nitrogen and oxygen atoms in total. The van der Waals surface area contributed by atoms with E-state index in [1.165, 1.54) is 0 Å². The van der Waals surface area contributed by atoms with Gasteiger partial charge in [0.15, 0.2) is 0 Å². The largest absolute Gasteiger partial charge is 0.480 e. The van der Waals surface area contributed by atoms with Crippen LogP contribution in [-0.2, 0) is 9.59 Å². The number of carboxylic acid groups (broad SMARTS) is 1. The summed E-state index contributed by atoms with van der Waals surface area (Å²) in [5.74, 6) is -0.616. The second kappa shape index (κ2) is 4.37. The van der Waals surface area contributed by atoms with Crippen LogP contribution in [0, 0.1) is 0 Å². The predicted octanol–water partition coefficient (Wildman–Crippen LogP) is 0.561. The third-order valence-electron chi connectivity index (χ3n) is 2.41. The molecule has 0 saturated carbocycles. The van der Waals surface area contributed by atoms with Crippen LogP contribution in [0.4, 0.5) is 0 Å². The highest BCUT2D eigenvalue weighted by Crippen LogP contribution is 2.15. The number of carbonyl (C=O) groups is 2. The summed E-state index contributed by atoms with van der Waals surface area (Å²) < 4.78 is 0. The van der Waals surface area contributed by atoms with E-state index in [9.17, 15) is 9.59 Å². The van der Waals surface area contributed by atoms with Crippen molar-refractivity contribution >= 4 is 11.8 Å². The molecule has 0 amide bonds. The van der Waals surface area contributed by atoms with E-state index in [4.69, 9.17) is 5.11 Å². The van der Waals surface area contributed by atoms with E-state index in [1.54, 1.807) is 0 Å². The van der Waals surface area contributed by atoms with Crippen LogP contribution in [0.25, 0.3) is 0 Å². The molecule has 2 unspecified atom stereocenters. The number of Topliss-reactive ketones (excluding diaryl/α,β-unsaturated/α-hetero) is 1. The smallest absolute Gasteiger partial charge is 0.320 e. The van der Waals surface area contributed by atoms with Gasteiger partial charge in [-0.05, 0) is 12.8 Å². The van der Waals surface area contributed by atoms with Gasteiger partial charge in [0.05, 0.1) is 0 Å². The minimum atomic E-state index is -0.813. The standard InChI is InChI=1S/C9H15NO3/c1-2-7(11)5-6-3-4-8(10-6)9(12)13/h6,8,10H,2-5H2,1H3,(H,12,13). The molecular formula is C9H15NO3. The van der Waals surface area contributed by atoms with Gasteiger partial charge in [0.2, 0.25) is 0 Å². The topological polar surface area (TPSA) is 66.4 Å². The number of hydrogen-bond acceptors (Lipinski definition) is 3. The van der Waals surface area contributed by atoms with Crippen LogP contribution < -0.4 is 5.32 Å². The molecule has 1 rings (SSSR count). The number of aliphatic carboxylic acids is 1. The molecule has 0 aromatic rings. The van der Waals surface area contributed by atoms with Crippen molar-refractivity contribution in [3.05, 3.63) is 0 Å². The van der Waals surface area contributed by atoms with Gasteiger partial charge in [0.1, 0.15) is 11.8 Å². The molecule has 1 fully saturated rings. The molecule has 1 heterocycles. The van der Waals surface area contributed by atoms with Gasteiger partial charge in [-0.2, -0.15) is 0 Å². The van der Waals surface area contributed by atoms with Gasteiger partial charge in [0, 0.05) is 18.9 Å². The Labute approximate surface area is 77.3 Å². The Hall–Kier alpha value is -0.900. The van der Waals surface area contributed by atoms with Crippen molar-refractivity contribution in [3.8, 4) is 0 Å². The Balaban J connectivity index is 2.33. The van der Waals surface area contributed by atoms with Gasteiger partial charge in [0.25, 0.3) is 0 Å². The van der Waals surface area contributed by atoms with Crippen LogP contribution in [0.5, 0.6) is 0 Å². The molecule has 0 aliphatic carbocycles. The first-order valence-corrected chi connectivity index (χ1v) is 4.64. The van der Waals surface area contributed by atoms with E-state index in [0.29, 0.717) is 19.3 Å². The van der Waals surface area contributed by atoms with Crippen LogP contribution in [-0.4, -0.2) is 28.9 Å². The number of ketones is 1.